The molecule has 0 spiro atoms. The molecule has 4 nitrogen and oxygen atoms in total. The molecule has 1 rings (SSSR count). The van der Waals surface area contributed by atoms with Crippen molar-refractivity contribution in [3.8, 4) is 0 Å². The summed E-state index contributed by atoms with van der Waals surface area (Å²) in [6.07, 6.45) is 8.28. The van der Waals surface area contributed by atoms with Crippen LogP contribution in [0.4, 0.5) is 0 Å². The zero-order valence-electron chi connectivity index (χ0n) is 13.7. The Labute approximate surface area is 124 Å². The smallest absolute Gasteiger partial charge is 0.0827 e. The quantitative estimate of drug-likeness (QED) is 0.633. The minimum absolute atomic E-state index is 0.628. The first-order valence-corrected chi connectivity index (χ1v) is 8.17. The van der Waals surface area contributed by atoms with E-state index in [1.165, 1.54) is 25.7 Å². The Kier molecular flexibility index (Phi) is 8.51. The molecule has 0 aromatic carbocycles. The molecule has 0 radical (unpaired) electrons. The third-order valence-corrected chi connectivity index (χ3v) is 3.23. The number of aryl methyl sites for hydroxylation is 1. The second kappa shape index (κ2) is 9.92. The van der Waals surface area contributed by atoms with Crippen LogP contribution in [0.15, 0.2) is 6.20 Å². The molecule has 20 heavy (non-hydrogen) atoms. The molecule has 0 saturated heterocycles. The molecule has 0 saturated carbocycles. The van der Waals surface area contributed by atoms with Gasteiger partial charge in [-0.1, -0.05) is 45.7 Å². The summed E-state index contributed by atoms with van der Waals surface area (Å²) in [4.78, 5) is 0. The lowest BCUT2D eigenvalue weighted by molar-refractivity contribution is 0.472. The molecule has 1 N–H and O–H groups in total. The summed E-state index contributed by atoms with van der Waals surface area (Å²) in [6, 6.07) is 0. The highest BCUT2D eigenvalue weighted by molar-refractivity contribution is 4.92. The van der Waals surface area contributed by atoms with Gasteiger partial charge in [0.1, 0.15) is 0 Å². The zero-order valence-corrected chi connectivity index (χ0v) is 13.7. The highest BCUT2D eigenvalue weighted by Crippen LogP contribution is 2.06. The number of aromatic nitrogens is 3. The van der Waals surface area contributed by atoms with Gasteiger partial charge in [-0.25, -0.2) is 0 Å². The number of nitrogens with one attached hydrogen (secondary N) is 1. The molecule has 1 aromatic heterocycles. The van der Waals surface area contributed by atoms with Gasteiger partial charge in [-0.3, -0.25) is 4.68 Å². The van der Waals surface area contributed by atoms with E-state index in [4.69, 9.17) is 0 Å². The van der Waals surface area contributed by atoms with Gasteiger partial charge in [0.15, 0.2) is 0 Å². The molecule has 0 unspecified atom stereocenters. The van der Waals surface area contributed by atoms with Gasteiger partial charge in [0, 0.05) is 12.7 Å². The van der Waals surface area contributed by atoms with Crippen molar-refractivity contribution in [1.29, 1.82) is 0 Å². The first-order valence-electron chi connectivity index (χ1n) is 8.17. The third-order valence-electron chi connectivity index (χ3n) is 3.23. The molecule has 4 heteroatoms. The second-order valence-corrected chi connectivity index (χ2v) is 6.59. The van der Waals surface area contributed by atoms with Crippen LogP contribution < -0.4 is 5.32 Å². The van der Waals surface area contributed by atoms with Crippen LogP contribution in [0.1, 0.15) is 59.1 Å². The van der Waals surface area contributed by atoms with E-state index in [0.717, 1.165) is 37.7 Å². The van der Waals surface area contributed by atoms with Crippen molar-refractivity contribution < 1.29 is 0 Å². The maximum Gasteiger partial charge on any atom is 0.0827 e. The first kappa shape index (κ1) is 17.2. The van der Waals surface area contributed by atoms with E-state index in [9.17, 15) is 0 Å². The van der Waals surface area contributed by atoms with Gasteiger partial charge in [-0.2, -0.15) is 0 Å². The Morgan fingerprint density at radius 1 is 1.05 bits per heavy atom. The fourth-order valence-electron chi connectivity index (χ4n) is 2.22. The Morgan fingerprint density at radius 2 is 1.80 bits per heavy atom. The Morgan fingerprint density at radius 3 is 2.50 bits per heavy atom. The molecule has 0 atom stereocenters. The summed E-state index contributed by atoms with van der Waals surface area (Å²) in [5.74, 6) is 1.38. The largest absolute Gasteiger partial charge is 0.316 e. The number of hydrogen-bond acceptors (Lipinski definition) is 3. The van der Waals surface area contributed by atoms with E-state index in [0.29, 0.717) is 5.92 Å². The van der Waals surface area contributed by atoms with Crippen LogP contribution in [-0.4, -0.2) is 28.1 Å². The van der Waals surface area contributed by atoms with Crippen molar-refractivity contribution in [2.45, 2.75) is 66.3 Å². The van der Waals surface area contributed by atoms with E-state index in [-0.39, 0.29) is 0 Å². The summed E-state index contributed by atoms with van der Waals surface area (Å²) < 4.78 is 1.97. The fraction of sp³-hybridized carbons (Fsp3) is 0.875. The standard InChI is InChI=1S/C16H32N4/c1-14(2)11-17-10-8-6-5-7-9-16-13-20(19-18-16)12-15(3)4/h13-15,17H,5-12H2,1-4H3. The molecule has 0 aliphatic carbocycles. The summed E-state index contributed by atoms with van der Waals surface area (Å²) in [6.45, 7) is 12.2. The van der Waals surface area contributed by atoms with Crippen molar-refractivity contribution in [3.05, 3.63) is 11.9 Å². The van der Waals surface area contributed by atoms with Crippen molar-refractivity contribution in [1.82, 2.24) is 20.3 Å². The predicted octanol–water partition coefficient (Wildman–Crippen LogP) is 3.28. The lowest BCUT2D eigenvalue weighted by atomic mass is 10.1. The van der Waals surface area contributed by atoms with Crippen molar-refractivity contribution in [3.63, 3.8) is 0 Å². The summed E-state index contributed by atoms with van der Waals surface area (Å²) in [5.41, 5.74) is 1.14. The van der Waals surface area contributed by atoms with E-state index in [1.54, 1.807) is 0 Å². The molecule has 0 bridgehead atoms. The maximum atomic E-state index is 4.24. The highest BCUT2D eigenvalue weighted by atomic mass is 15.4. The van der Waals surface area contributed by atoms with Crippen LogP contribution in [0.5, 0.6) is 0 Å². The van der Waals surface area contributed by atoms with Crippen LogP contribution in [0.25, 0.3) is 0 Å². The molecule has 1 aromatic rings. The van der Waals surface area contributed by atoms with E-state index in [1.807, 2.05) is 4.68 Å². The summed E-state index contributed by atoms with van der Waals surface area (Å²) in [5, 5.41) is 11.9. The molecule has 0 amide bonds. The monoisotopic (exact) mass is 280 g/mol. The van der Waals surface area contributed by atoms with Gasteiger partial charge < -0.3 is 5.32 Å². The van der Waals surface area contributed by atoms with Crippen LogP contribution in [0.3, 0.4) is 0 Å². The molecule has 0 aliphatic rings. The minimum Gasteiger partial charge on any atom is -0.316 e. The molecule has 1 heterocycles. The molecule has 116 valence electrons. The summed E-state index contributed by atoms with van der Waals surface area (Å²) in [7, 11) is 0. The lowest BCUT2D eigenvalue weighted by Gasteiger charge is -2.06. The molecule has 0 fully saturated rings. The zero-order chi connectivity index (χ0) is 14.8. The highest BCUT2D eigenvalue weighted by Gasteiger charge is 2.02. The average Bonchev–Trinajstić information content (AvgIpc) is 2.79. The van der Waals surface area contributed by atoms with Crippen LogP contribution in [0.2, 0.25) is 0 Å². The van der Waals surface area contributed by atoms with E-state index >= 15 is 0 Å². The minimum atomic E-state index is 0.628. The van der Waals surface area contributed by atoms with Crippen molar-refractivity contribution in [2.24, 2.45) is 11.8 Å². The molecular weight excluding hydrogens is 248 g/mol. The number of nitrogens with zero attached hydrogens (tertiary/aromatic N) is 3. The van der Waals surface area contributed by atoms with E-state index in [2.05, 4.69) is 49.5 Å². The van der Waals surface area contributed by atoms with E-state index < -0.39 is 0 Å². The second-order valence-electron chi connectivity index (χ2n) is 6.59. The van der Waals surface area contributed by atoms with Crippen LogP contribution in [-0.2, 0) is 13.0 Å². The SMILES string of the molecule is CC(C)CNCCCCCCc1cn(CC(C)C)nn1. The Balaban J connectivity index is 1.99. The van der Waals surface area contributed by atoms with Crippen LogP contribution >= 0.6 is 0 Å². The number of rotatable bonds is 11. The van der Waals surface area contributed by atoms with Gasteiger partial charge in [0.25, 0.3) is 0 Å². The fourth-order valence-corrected chi connectivity index (χ4v) is 2.22. The van der Waals surface area contributed by atoms with Gasteiger partial charge in [0.05, 0.1) is 5.69 Å². The van der Waals surface area contributed by atoms with Crippen LogP contribution in [0, 0.1) is 11.8 Å². The number of unbranched alkanes of at least 4 members (excludes halogenated alkanes) is 3. The normalized spacial score (nSPS) is 11.7. The van der Waals surface area contributed by atoms with Gasteiger partial charge in [-0.15, -0.1) is 5.10 Å². The first-order chi connectivity index (χ1) is 9.58. The van der Waals surface area contributed by atoms with Gasteiger partial charge >= 0.3 is 0 Å². The van der Waals surface area contributed by atoms with Gasteiger partial charge in [0.2, 0.25) is 0 Å². The molecular formula is C16H32N4. The van der Waals surface area contributed by atoms with Gasteiger partial charge in [-0.05, 0) is 44.2 Å². The topological polar surface area (TPSA) is 42.7 Å². The van der Waals surface area contributed by atoms with Crippen molar-refractivity contribution in [2.75, 3.05) is 13.1 Å². The summed E-state index contributed by atoms with van der Waals surface area (Å²) >= 11 is 0. The predicted molar refractivity (Wildman–Crippen MR) is 84.7 cm³/mol. The lowest BCUT2D eigenvalue weighted by Crippen LogP contribution is -2.20. The third kappa shape index (κ3) is 8.31. The molecule has 0 aliphatic heterocycles. The Hall–Kier alpha value is -0.900. The maximum absolute atomic E-state index is 4.24. The Bertz CT molecular complexity index is 344. The van der Waals surface area contributed by atoms with Crippen molar-refractivity contribution >= 4 is 0 Å². The number of hydrogen-bond donors (Lipinski definition) is 1. The average molecular weight is 280 g/mol.